The molecule has 0 atom stereocenters. The Morgan fingerprint density at radius 1 is 0.917 bits per heavy atom. The van der Waals surface area contributed by atoms with Gasteiger partial charge < -0.3 is 8.92 Å². The Kier molecular flexibility index (Phi) is 10.5. The van der Waals surface area contributed by atoms with Crippen LogP contribution in [0.15, 0.2) is 24.3 Å². The lowest BCUT2D eigenvalue weighted by molar-refractivity contribution is 0.303. The van der Waals surface area contributed by atoms with Gasteiger partial charge in [-0.1, -0.05) is 64.4 Å². The van der Waals surface area contributed by atoms with Crippen molar-refractivity contribution in [2.45, 2.75) is 64.7 Å². The quantitative estimate of drug-likeness (QED) is 0.500. The van der Waals surface area contributed by atoms with Crippen LogP contribution < -0.4 is 13.6 Å². The third kappa shape index (κ3) is 9.78. The van der Waals surface area contributed by atoms with Crippen molar-refractivity contribution in [2.24, 2.45) is 0 Å². The lowest BCUT2D eigenvalue weighted by atomic mass is 10.1. The zero-order valence-electron chi connectivity index (χ0n) is 14.9. The van der Waals surface area contributed by atoms with Crippen LogP contribution in [0.25, 0.3) is 0 Å². The average molecular weight is 358 g/mol. The minimum absolute atomic E-state index is 0.244. The molecule has 1 aromatic rings. The van der Waals surface area contributed by atoms with Gasteiger partial charge in [0.25, 0.3) is 0 Å². The molecule has 1 aromatic carbocycles. The summed E-state index contributed by atoms with van der Waals surface area (Å²) in [6.45, 7) is 2.87. The van der Waals surface area contributed by atoms with E-state index in [0.29, 0.717) is 12.4 Å². The topological polar surface area (TPSA) is 64.6 Å². The van der Waals surface area contributed by atoms with Crippen LogP contribution in [0, 0.1) is 0 Å². The SMILES string of the molecule is CCCCCCCCCCCOc1cccc(OS(=O)(=O)NC)c1. The molecule has 24 heavy (non-hydrogen) atoms. The van der Waals surface area contributed by atoms with Gasteiger partial charge in [0.15, 0.2) is 0 Å². The molecule has 0 saturated heterocycles. The molecule has 0 radical (unpaired) electrons. The van der Waals surface area contributed by atoms with Crippen LogP contribution in [0.3, 0.4) is 0 Å². The first-order valence-corrected chi connectivity index (χ1v) is 10.3. The van der Waals surface area contributed by atoms with E-state index in [1.165, 1.54) is 52.0 Å². The molecular weight excluding hydrogens is 326 g/mol. The maximum absolute atomic E-state index is 11.3. The summed E-state index contributed by atoms with van der Waals surface area (Å²) < 4.78 is 35.3. The normalized spacial score (nSPS) is 11.4. The summed E-state index contributed by atoms with van der Waals surface area (Å²) in [6, 6.07) is 6.68. The summed E-state index contributed by atoms with van der Waals surface area (Å²) in [4.78, 5) is 0. The molecule has 1 N–H and O–H groups in total. The van der Waals surface area contributed by atoms with Gasteiger partial charge >= 0.3 is 10.3 Å². The third-order valence-electron chi connectivity index (χ3n) is 3.78. The standard InChI is InChI=1S/C18H31NO4S/c1-3-4-5-6-7-8-9-10-11-15-22-17-13-12-14-18(16-17)23-24(20,21)19-2/h12-14,16,19H,3-11,15H2,1-2H3. The van der Waals surface area contributed by atoms with E-state index in [0.717, 1.165) is 12.8 Å². The van der Waals surface area contributed by atoms with Gasteiger partial charge in [-0.05, 0) is 18.6 Å². The average Bonchev–Trinajstić information content (AvgIpc) is 2.56. The largest absolute Gasteiger partial charge is 0.493 e. The molecule has 0 aliphatic heterocycles. The molecule has 0 unspecified atom stereocenters. The molecule has 5 nitrogen and oxygen atoms in total. The van der Waals surface area contributed by atoms with Crippen LogP contribution in [0.5, 0.6) is 11.5 Å². The molecule has 0 aromatic heterocycles. The van der Waals surface area contributed by atoms with Gasteiger partial charge in [0.05, 0.1) is 6.61 Å². The Balaban J connectivity index is 2.15. The number of unbranched alkanes of at least 4 members (excludes halogenated alkanes) is 8. The van der Waals surface area contributed by atoms with Crippen molar-refractivity contribution >= 4 is 10.3 Å². The van der Waals surface area contributed by atoms with Crippen molar-refractivity contribution in [1.29, 1.82) is 0 Å². The van der Waals surface area contributed by atoms with Gasteiger partial charge in [-0.2, -0.15) is 13.1 Å². The van der Waals surface area contributed by atoms with Gasteiger partial charge in [0, 0.05) is 13.1 Å². The first-order valence-electron chi connectivity index (χ1n) is 8.93. The number of benzene rings is 1. The Labute approximate surface area is 147 Å². The first-order chi connectivity index (χ1) is 11.6. The highest BCUT2D eigenvalue weighted by molar-refractivity contribution is 7.85. The van der Waals surface area contributed by atoms with Crippen molar-refractivity contribution in [3.05, 3.63) is 24.3 Å². The van der Waals surface area contributed by atoms with Crippen molar-refractivity contribution in [1.82, 2.24) is 4.72 Å². The molecule has 0 bridgehead atoms. The zero-order chi connectivity index (χ0) is 17.7. The Hall–Kier alpha value is -1.27. The van der Waals surface area contributed by atoms with Gasteiger partial charge in [0.2, 0.25) is 0 Å². The summed E-state index contributed by atoms with van der Waals surface area (Å²) in [5.74, 6) is 0.868. The predicted octanol–water partition coefficient (Wildman–Crippen LogP) is 4.44. The maximum atomic E-state index is 11.3. The Bertz CT molecular complexity index is 546. The van der Waals surface area contributed by atoms with Crippen molar-refractivity contribution in [2.75, 3.05) is 13.7 Å². The van der Waals surface area contributed by atoms with Gasteiger partial charge in [0.1, 0.15) is 11.5 Å². The number of hydrogen-bond acceptors (Lipinski definition) is 4. The number of nitrogens with one attached hydrogen (secondary N) is 1. The molecule has 0 aliphatic rings. The maximum Gasteiger partial charge on any atom is 0.382 e. The highest BCUT2D eigenvalue weighted by atomic mass is 32.2. The highest BCUT2D eigenvalue weighted by Gasteiger charge is 2.09. The minimum Gasteiger partial charge on any atom is -0.493 e. The lowest BCUT2D eigenvalue weighted by Crippen LogP contribution is -2.24. The van der Waals surface area contributed by atoms with Crippen molar-refractivity contribution in [3.8, 4) is 11.5 Å². The first kappa shape index (κ1) is 20.8. The fraction of sp³-hybridized carbons (Fsp3) is 0.667. The fourth-order valence-electron chi connectivity index (χ4n) is 2.39. The van der Waals surface area contributed by atoms with E-state index in [1.807, 2.05) is 0 Å². The minimum atomic E-state index is -3.74. The second kappa shape index (κ2) is 12.1. The summed E-state index contributed by atoms with van der Waals surface area (Å²) in [5, 5.41) is 0. The molecule has 6 heteroatoms. The van der Waals surface area contributed by atoms with Crippen LogP contribution in [0.1, 0.15) is 64.7 Å². The van der Waals surface area contributed by atoms with Gasteiger partial charge in [-0.25, -0.2) is 0 Å². The third-order valence-corrected chi connectivity index (χ3v) is 4.69. The molecular formula is C18H31NO4S. The number of hydrogen-bond donors (Lipinski definition) is 1. The monoisotopic (exact) mass is 357 g/mol. The highest BCUT2D eigenvalue weighted by Crippen LogP contribution is 2.21. The van der Waals surface area contributed by atoms with E-state index in [-0.39, 0.29) is 5.75 Å². The molecule has 1 rings (SSSR count). The van der Waals surface area contributed by atoms with Gasteiger partial charge in [-0.15, -0.1) is 0 Å². The zero-order valence-corrected chi connectivity index (χ0v) is 15.7. The van der Waals surface area contributed by atoms with E-state index in [1.54, 1.807) is 24.3 Å². The fourth-order valence-corrected chi connectivity index (χ4v) is 2.83. The van der Waals surface area contributed by atoms with E-state index >= 15 is 0 Å². The lowest BCUT2D eigenvalue weighted by Gasteiger charge is -2.09. The van der Waals surface area contributed by atoms with Crippen LogP contribution in [0.4, 0.5) is 0 Å². The van der Waals surface area contributed by atoms with Gasteiger partial charge in [-0.3, -0.25) is 0 Å². The van der Waals surface area contributed by atoms with Crippen LogP contribution in [0.2, 0.25) is 0 Å². The Morgan fingerprint density at radius 2 is 1.50 bits per heavy atom. The molecule has 0 heterocycles. The predicted molar refractivity (Wildman–Crippen MR) is 97.8 cm³/mol. The summed E-state index contributed by atoms with van der Waals surface area (Å²) >= 11 is 0. The van der Waals surface area contributed by atoms with Crippen LogP contribution in [-0.2, 0) is 10.3 Å². The van der Waals surface area contributed by atoms with E-state index < -0.39 is 10.3 Å². The molecule has 0 amide bonds. The molecule has 0 spiro atoms. The van der Waals surface area contributed by atoms with E-state index in [4.69, 9.17) is 8.92 Å². The second-order valence-corrected chi connectivity index (χ2v) is 7.38. The summed E-state index contributed by atoms with van der Waals surface area (Å²) in [7, 11) is -2.43. The second-order valence-electron chi connectivity index (χ2n) is 5.89. The Morgan fingerprint density at radius 3 is 2.12 bits per heavy atom. The van der Waals surface area contributed by atoms with Crippen molar-refractivity contribution in [3.63, 3.8) is 0 Å². The molecule has 0 saturated carbocycles. The summed E-state index contributed by atoms with van der Waals surface area (Å²) in [5.41, 5.74) is 0. The molecule has 0 aliphatic carbocycles. The van der Waals surface area contributed by atoms with E-state index in [9.17, 15) is 8.42 Å². The molecule has 138 valence electrons. The summed E-state index contributed by atoms with van der Waals surface area (Å²) in [6.07, 6.45) is 11.4. The number of rotatable bonds is 14. The smallest absolute Gasteiger partial charge is 0.382 e. The van der Waals surface area contributed by atoms with Crippen LogP contribution in [-0.4, -0.2) is 22.1 Å². The van der Waals surface area contributed by atoms with Crippen LogP contribution >= 0.6 is 0 Å². The number of ether oxygens (including phenoxy) is 1. The van der Waals surface area contributed by atoms with E-state index in [2.05, 4.69) is 11.6 Å². The molecule has 0 fully saturated rings. The van der Waals surface area contributed by atoms with Crippen molar-refractivity contribution < 1.29 is 17.3 Å².